The molecule has 3 nitrogen and oxygen atoms in total. The van der Waals surface area contributed by atoms with E-state index in [0.717, 1.165) is 19.3 Å². The maximum absolute atomic E-state index is 11.9. The highest BCUT2D eigenvalue weighted by molar-refractivity contribution is 6.08. The second kappa shape index (κ2) is 2.59. The summed E-state index contributed by atoms with van der Waals surface area (Å²) in [7, 11) is 1.79. The third kappa shape index (κ3) is 0.877. The topological polar surface area (TPSA) is 37.4 Å². The van der Waals surface area contributed by atoms with Gasteiger partial charge in [-0.1, -0.05) is 12.8 Å². The first-order valence-electron chi connectivity index (χ1n) is 5.52. The third-order valence-electron chi connectivity index (χ3n) is 4.21. The molecule has 0 aromatic carbocycles. The standard InChI is InChI=1S/C11H15NO2/c1-12-9-8(10(9)13)6-4-2-3-5-7(6)11(12)14/h6-9H,2-5H2,1H3/t6-,7?,8?,9?/m1/s1. The van der Waals surface area contributed by atoms with E-state index < -0.39 is 0 Å². The summed E-state index contributed by atoms with van der Waals surface area (Å²) in [6, 6.07) is -0.0400. The van der Waals surface area contributed by atoms with E-state index in [1.165, 1.54) is 6.42 Å². The van der Waals surface area contributed by atoms with E-state index in [1.54, 1.807) is 11.9 Å². The zero-order valence-electron chi connectivity index (χ0n) is 8.40. The fourth-order valence-corrected chi connectivity index (χ4v) is 3.42. The van der Waals surface area contributed by atoms with Crippen LogP contribution in [0.4, 0.5) is 0 Å². The summed E-state index contributed by atoms with van der Waals surface area (Å²) in [5, 5.41) is 0. The molecule has 0 aromatic rings. The van der Waals surface area contributed by atoms with E-state index >= 15 is 0 Å². The SMILES string of the molecule is CN1C(=O)C2CCCC[C@H]2C2C(=O)C21. The number of carbonyl (C=O) groups is 2. The van der Waals surface area contributed by atoms with E-state index in [9.17, 15) is 9.59 Å². The molecule has 3 fully saturated rings. The van der Waals surface area contributed by atoms with Crippen molar-refractivity contribution in [3.05, 3.63) is 0 Å². The summed E-state index contributed by atoms with van der Waals surface area (Å²) >= 11 is 0. The Morgan fingerprint density at radius 1 is 1.21 bits per heavy atom. The zero-order chi connectivity index (χ0) is 9.87. The lowest BCUT2D eigenvalue weighted by molar-refractivity contribution is -0.141. The average molecular weight is 193 g/mol. The summed E-state index contributed by atoms with van der Waals surface area (Å²) in [5.41, 5.74) is 0. The zero-order valence-corrected chi connectivity index (χ0v) is 8.40. The predicted octanol–water partition coefficient (Wildman–Crippen LogP) is 0.832. The van der Waals surface area contributed by atoms with Crippen LogP contribution in [-0.4, -0.2) is 29.7 Å². The fraction of sp³-hybridized carbons (Fsp3) is 0.818. The molecule has 3 heteroatoms. The molecule has 0 aromatic heterocycles. The first-order valence-corrected chi connectivity index (χ1v) is 5.52. The average Bonchev–Trinajstić information content (AvgIpc) is 2.87. The summed E-state index contributed by atoms with van der Waals surface area (Å²) in [6.07, 6.45) is 4.46. The Kier molecular flexibility index (Phi) is 1.56. The Balaban J connectivity index is 1.92. The number of likely N-dealkylation sites (N-methyl/N-ethyl adjacent to an activating group) is 1. The van der Waals surface area contributed by atoms with E-state index in [4.69, 9.17) is 0 Å². The number of nitrogens with zero attached hydrogens (tertiary/aromatic N) is 1. The third-order valence-corrected chi connectivity index (χ3v) is 4.21. The van der Waals surface area contributed by atoms with Crippen molar-refractivity contribution in [1.82, 2.24) is 4.90 Å². The second-order valence-electron chi connectivity index (χ2n) is 4.88. The van der Waals surface area contributed by atoms with Gasteiger partial charge < -0.3 is 4.90 Å². The molecule has 14 heavy (non-hydrogen) atoms. The molecule has 0 radical (unpaired) electrons. The number of hydrogen-bond donors (Lipinski definition) is 0. The van der Waals surface area contributed by atoms with Crippen LogP contribution in [0.15, 0.2) is 0 Å². The largest absolute Gasteiger partial charge is 0.335 e. The number of rotatable bonds is 0. The summed E-state index contributed by atoms with van der Waals surface area (Å²) in [6.45, 7) is 0. The molecule has 0 N–H and O–H groups in total. The molecule has 76 valence electrons. The van der Waals surface area contributed by atoms with Gasteiger partial charge in [-0.05, 0) is 18.8 Å². The van der Waals surface area contributed by atoms with E-state index in [0.29, 0.717) is 11.7 Å². The molecule has 3 unspecified atom stereocenters. The second-order valence-corrected chi connectivity index (χ2v) is 4.88. The highest BCUT2D eigenvalue weighted by Gasteiger charge is 2.63. The first-order chi connectivity index (χ1) is 6.72. The molecular formula is C11H15NO2. The van der Waals surface area contributed by atoms with Crippen LogP contribution in [0.2, 0.25) is 0 Å². The number of hydrogen-bond acceptors (Lipinski definition) is 2. The van der Waals surface area contributed by atoms with Gasteiger partial charge in [0.15, 0.2) is 5.78 Å². The van der Waals surface area contributed by atoms with Crippen LogP contribution >= 0.6 is 0 Å². The Bertz CT molecular complexity index is 312. The number of carbonyl (C=O) groups excluding carboxylic acids is 2. The molecular weight excluding hydrogens is 178 g/mol. The van der Waals surface area contributed by atoms with Crippen LogP contribution in [0, 0.1) is 17.8 Å². The molecule has 3 aliphatic rings. The number of likely N-dealkylation sites (tertiary alicyclic amines) is 1. The van der Waals surface area contributed by atoms with E-state index in [1.807, 2.05) is 0 Å². The number of ketones is 1. The van der Waals surface area contributed by atoms with Crippen molar-refractivity contribution in [2.24, 2.45) is 17.8 Å². The van der Waals surface area contributed by atoms with Gasteiger partial charge in [-0.2, -0.15) is 0 Å². The summed E-state index contributed by atoms with van der Waals surface area (Å²) < 4.78 is 0. The van der Waals surface area contributed by atoms with Gasteiger partial charge in [-0.3, -0.25) is 9.59 Å². The minimum absolute atomic E-state index is 0.0400. The summed E-state index contributed by atoms with van der Waals surface area (Å²) in [5.74, 6) is 1.31. The van der Waals surface area contributed by atoms with E-state index in [2.05, 4.69) is 0 Å². The quantitative estimate of drug-likeness (QED) is 0.571. The van der Waals surface area contributed by atoms with Crippen LogP contribution in [-0.2, 0) is 9.59 Å². The van der Waals surface area contributed by atoms with Crippen molar-refractivity contribution in [3.63, 3.8) is 0 Å². The lowest BCUT2D eigenvalue weighted by Crippen LogP contribution is -2.45. The lowest BCUT2D eigenvalue weighted by Gasteiger charge is -2.37. The van der Waals surface area contributed by atoms with Gasteiger partial charge in [0, 0.05) is 13.0 Å². The molecule has 3 rings (SSSR count). The smallest absolute Gasteiger partial charge is 0.226 e. The molecule has 1 aliphatic heterocycles. The number of fused-ring (bicyclic) bond motifs is 3. The van der Waals surface area contributed by atoms with E-state index in [-0.39, 0.29) is 23.8 Å². The molecule has 1 amide bonds. The van der Waals surface area contributed by atoms with Crippen LogP contribution in [0.1, 0.15) is 25.7 Å². The van der Waals surface area contributed by atoms with Crippen molar-refractivity contribution in [2.75, 3.05) is 7.05 Å². The Morgan fingerprint density at radius 2 is 1.93 bits per heavy atom. The maximum atomic E-state index is 11.9. The van der Waals surface area contributed by atoms with Gasteiger partial charge in [-0.15, -0.1) is 0 Å². The normalized spacial score (nSPS) is 45.9. The monoisotopic (exact) mass is 193 g/mol. The van der Waals surface area contributed by atoms with Crippen LogP contribution in [0.3, 0.4) is 0 Å². The van der Waals surface area contributed by atoms with Crippen molar-refractivity contribution < 1.29 is 9.59 Å². The Labute approximate surface area is 83.5 Å². The van der Waals surface area contributed by atoms with Gasteiger partial charge in [0.2, 0.25) is 5.91 Å². The van der Waals surface area contributed by atoms with Crippen molar-refractivity contribution in [2.45, 2.75) is 31.7 Å². The molecule has 1 heterocycles. The van der Waals surface area contributed by atoms with Gasteiger partial charge in [0.05, 0.1) is 5.92 Å². The summed E-state index contributed by atoms with van der Waals surface area (Å²) in [4.78, 5) is 25.1. The molecule has 0 spiro atoms. The van der Waals surface area contributed by atoms with Gasteiger partial charge in [-0.25, -0.2) is 0 Å². The highest BCUT2D eigenvalue weighted by atomic mass is 16.2. The Morgan fingerprint density at radius 3 is 2.71 bits per heavy atom. The minimum Gasteiger partial charge on any atom is -0.335 e. The van der Waals surface area contributed by atoms with Crippen LogP contribution < -0.4 is 0 Å². The van der Waals surface area contributed by atoms with Crippen molar-refractivity contribution in [1.29, 1.82) is 0 Å². The minimum atomic E-state index is -0.0400. The first kappa shape index (κ1) is 8.45. The highest BCUT2D eigenvalue weighted by Crippen LogP contribution is 2.50. The molecule has 0 bridgehead atoms. The van der Waals surface area contributed by atoms with Gasteiger partial charge in [0.25, 0.3) is 0 Å². The van der Waals surface area contributed by atoms with Crippen molar-refractivity contribution in [3.8, 4) is 0 Å². The van der Waals surface area contributed by atoms with Crippen LogP contribution in [0.25, 0.3) is 0 Å². The number of piperidine rings is 1. The molecule has 4 atom stereocenters. The molecule has 2 aliphatic carbocycles. The lowest BCUT2D eigenvalue weighted by atomic mass is 9.74. The fourth-order valence-electron chi connectivity index (χ4n) is 3.42. The van der Waals surface area contributed by atoms with Crippen molar-refractivity contribution >= 4 is 11.7 Å². The molecule has 2 saturated carbocycles. The number of Topliss-reactive ketones (excluding diaryl/α,β-unsaturated/α-hetero) is 1. The Hall–Kier alpha value is -0.860. The van der Waals surface area contributed by atoms with Gasteiger partial charge in [0.1, 0.15) is 6.04 Å². The predicted molar refractivity (Wildman–Crippen MR) is 50.5 cm³/mol. The number of amides is 1. The molecule has 1 saturated heterocycles. The van der Waals surface area contributed by atoms with Crippen LogP contribution in [0.5, 0.6) is 0 Å². The maximum Gasteiger partial charge on any atom is 0.226 e. The van der Waals surface area contributed by atoms with Gasteiger partial charge >= 0.3 is 0 Å².